The molecule has 0 saturated carbocycles. The highest BCUT2D eigenvalue weighted by molar-refractivity contribution is 6.36. The fourth-order valence-electron chi connectivity index (χ4n) is 3.35. The first-order valence-corrected chi connectivity index (χ1v) is 7.83. The first-order chi connectivity index (χ1) is 10.0. The SMILES string of the molecule is O=C(CN1C2CCC1CC(O)C2)Nc1ncc(Cl)cc1Cl. The lowest BCUT2D eigenvalue weighted by molar-refractivity contribution is -0.119. The number of aliphatic hydroxyl groups is 1. The zero-order chi connectivity index (χ0) is 15.0. The molecular weight excluding hydrogens is 313 g/mol. The van der Waals surface area contributed by atoms with E-state index >= 15 is 0 Å². The highest BCUT2D eigenvalue weighted by atomic mass is 35.5. The number of hydrogen-bond acceptors (Lipinski definition) is 4. The molecule has 0 aliphatic carbocycles. The molecule has 0 radical (unpaired) electrons. The van der Waals surface area contributed by atoms with Gasteiger partial charge in [0.1, 0.15) is 0 Å². The molecule has 2 fully saturated rings. The molecule has 1 amide bonds. The first-order valence-electron chi connectivity index (χ1n) is 7.07. The van der Waals surface area contributed by atoms with Gasteiger partial charge in [-0.1, -0.05) is 23.2 Å². The van der Waals surface area contributed by atoms with Gasteiger partial charge in [0.05, 0.1) is 22.7 Å². The van der Waals surface area contributed by atoms with Crippen molar-refractivity contribution in [1.29, 1.82) is 0 Å². The van der Waals surface area contributed by atoms with E-state index in [1.807, 2.05) is 0 Å². The highest BCUT2D eigenvalue weighted by Gasteiger charge is 2.40. The lowest BCUT2D eigenvalue weighted by Gasteiger charge is -2.36. The number of rotatable bonds is 3. The smallest absolute Gasteiger partial charge is 0.239 e. The fourth-order valence-corrected chi connectivity index (χ4v) is 3.77. The molecule has 3 rings (SSSR count). The van der Waals surface area contributed by atoms with Crippen molar-refractivity contribution in [2.24, 2.45) is 0 Å². The van der Waals surface area contributed by atoms with Crippen LogP contribution in [0.25, 0.3) is 0 Å². The third kappa shape index (κ3) is 3.31. The van der Waals surface area contributed by atoms with Crippen LogP contribution in [-0.4, -0.2) is 45.6 Å². The molecule has 2 atom stereocenters. The monoisotopic (exact) mass is 329 g/mol. The number of amides is 1. The Bertz CT molecular complexity index is 541. The van der Waals surface area contributed by atoms with Gasteiger partial charge in [-0.2, -0.15) is 0 Å². The Hall–Kier alpha value is -0.880. The quantitative estimate of drug-likeness (QED) is 0.893. The Morgan fingerprint density at radius 1 is 1.38 bits per heavy atom. The average Bonchev–Trinajstić information content (AvgIpc) is 2.66. The van der Waals surface area contributed by atoms with E-state index in [1.54, 1.807) is 6.07 Å². The van der Waals surface area contributed by atoms with Crippen LogP contribution in [-0.2, 0) is 4.79 Å². The predicted molar refractivity (Wildman–Crippen MR) is 81.6 cm³/mol. The molecule has 2 N–H and O–H groups in total. The molecule has 21 heavy (non-hydrogen) atoms. The summed E-state index contributed by atoms with van der Waals surface area (Å²) in [4.78, 5) is 18.4. The average molecular weight is 330 g/mol. The van der Waals surface area contributed by atoms with Gasteiger partial charge in [0.2, 0.25) is 5.91 Å². The standard InChI is InChI=1S/C14H17Cl2N3O2/c15-8-3-12(16)14(17-6-8)18-13(21)7-19-9-1-2-10(19)5-11(20)4-9/h3,6,9-11,20H,1-2,4-5,7H2,(H,17,18,21). The van der Waals surface area contributed by atoms with Crippen molar-refractivity contribution < 1.29 is 9.90 Å². The maximum Gasteiger partial charge on any atom is 0.239 e. The predicted octanol–water partition coefficient (Wildman–Crippen LogP) is 2.31. The Morgan fingerprint density at radius 3 is 2.67 bits per heavy atom. The van der Waals surface area contributed by atoms with Gasteiger partial charge in [-0.15, -0.1) is 0 Å². The minimum absolute atomic E-state index is 0.139. The molecule has 0 aromatic carbocycles. The van der Waals surface area contributed by atoms with Gasteiger partial charge in [0, 0.05) is 18.3 Å². The Kier molecular flexibility index (Phi) is 4.36. The molecule has 2 aliphatic rings. The number of pyridine rings is 1. The summed E-state index contributed by atoms with van der Waals surface area (Å²) in [6.45, 7) is 0.308. The Morgan fingerprint density at radius 2 is 2.05 bits per heavy atom. The number of halogens is 2. The number of nitrogens with zero attached hydrogens (tertiary/aromatic N) is 2. The van der Waals surface area contributed by atoms with Crippen LogP contribution in [0.2, 0.25) is 10.0 Å². The van der Waals surface area contributed by atoms with Crippen LogP contribution < -0.4 is 5.32 Å². The van der Waals surface area contributed by atoms with Crippen LogP contribution >= 0.6 is 23.2 Å². The Balaban J connectivity index is 1.62. The molecule has 0 spiro atoms. The van der Waals surface area contributed by atoms with Crippen molar-refractivity contribution in [1.82, 2.24) is 9.88 Å². The van der Waals surface area contributed by atoms with Crippen LogP contribution in [0.15, 0.2) is 12.3 Å². The molecule has 3 heterocycles. The van der Waals surface area contributed by atoms with E-state index < -0.39 is 0 Å². The number of fused-ring (bicyclic) bond motifs is 2. The summed E-state index contributed by atoms with van der Waals surface area (Å²) < 4.78 is 0. The van der Waals surface area contributed by atoms with Crippen molar-refractivity contribution in [3.8, 4) is 0 Å². The third-order valence-electron chi connectivity index (χ3n) is 4.25. The van der Waals surface area contributed by atoms with Crippen LogP contribution in [0, 0.1) is 0 Å². The van der Waals surface area contributed by atoms with Gasteiger partial charge in [0.25, 0.3) is 0 Å². The zero-order valence-corrected chi connectivity index (χ0v) is 12.9. The number of carbonyl (C=O) groups is 1. The molecular formula is C14H17Cl2N3O2. The van der Waals surface area contributed by atoms with Crippen molar-refractivity contribution in [2.45, 2.75) is 43.9 Å². The van der Waals surface area contributed by atoms with Crippen LogP contribution in [0.4, 0.5) is 5.82 Å². The molecule has 1 aromatic heterocycles. The van der Waals surface area contributed by atoms with E-state index in [4.69, 9.17) is 23.2 Å². The maximum absolute atomic E-state index is 12.2. The Labute approximate surface area is 133 Å². The second-order valence-corrected chi connectivity index (χ2v) is 6.56. The molecule has 7 heteroatoms. The summed E-state index contributed by atoms with van der Waals surface area (Å²) in [5, 5.41) is 13.3. The first kappa shape index (κ1) is 15.0. The number of anilines is 1. The summed E-state index contributed by atoms with van der Waals surface area (Å²) in [5.74, 6) is 0.190. The number of hydrogen-bond donors (Lipinski definition) is 2. The summed E-state index contributed by atoms with van der Waals surface area (Å²) in [6, 6.07) is 2.16. The van der Waals surface area contributed by atoms with E-state index in [-0.39, 0.29) is 12.0 Å². The minimum atomic E-state index is -0.228. The molecule has 2 saturated heterocycles. The number of carbonyl (C=O) groups excluding carboxylic acids is 1. The molecule has 2 unspecified atom stereocenters. The minimum Gasteiger partial charge on any atom is -0.393 e. The zero-order valence-electron chi connectivity index (χ0n) is 11.4. The van der Waals surface area contributed by atoms with Crippen molar-refractivity contribution in [3.63, 3.8) is 0 Å². The van der Waals surface area contributed by atoms with Crippen molar-refractivity contribution in [3.05, 3.63) is 22.3 Å². The van der Waals surface area contributed by atoms with Crippen molar-refractivity contribution in [2.75, 3.05) is 11.9 Å². The van der Waals surface area contributed by atoms with Crippen LogP contribution in [0.5, 0.6) is 0 Å². The molecule has 2 bridgehead atoms. The van der Waals surface area contributed by atoms with E-state index in [9.17, 15) is 9.90 Å². The highest BCUT2D eigenvalue weighted by Crippen LogP contribution is 2.35. The normalized spacial score (nSPS) is 28.6. The summed E-state index contributed by atoms with van der Waals surface area (Å²) in [5.41, 5.74) is 0. The molecule has 2 aliphatic heterocycles. The van der Waals surface area contributed by atoms with Gasteiger partial charge in [-0.05, 0) is 31.7 Å². The number of aliphatic hydroxyl groups excluding tert-OH is 1. The summed E-state index contributed by atoms with van der Waals surface area (Å²) in [6.07, 6.45) is 4.83. The van der Waals surface area contributed by atoms with Crippen molar-refractivity contribution >= 4 is 34.9 Å². The second-order valence-electron chi connectivity index (χ2n) is 5.71. The number of aromatic nitrogens is 1. The van der Waals surface area contributed by atoms with E-state index in [0.29, 0.717) is 34.5 Å². The number of nitrogens with one attached hydrogen (secondary N) is 1. The maximum atomic E-state index is 12.2. The summed E-state index contributed by atoms with van der Waals surface area (Å²) in [7, 11) is 0. The molecule has 1 aromatic rings. The van der Waals surface area contributed by atoms with Crippen LogP contribution in [0.1, 0.15) is 25.7 Å². The van der Waals surface area contributed by atoms with Gasteiger partial charge < -0.3 is 10.4 Å². The topological polar surface area (TPSA) is 65.5 Å². The number of piperidine rings is 1. The van der Waals surface area contributed by atoms with Gasteiger partial charge >= 0.3 is 0 Å². The van der Waals surface area contributed by atoms with Gasteiger partial charge in [0.15, 0.2) is 5.82 Å². The van der Waals surface area contributed by atoms with Crippen LogP contribution in [0.3, 0.4) is 0 Å². The molecule has 114 valence electrons. The van der Waals surface area contributed by atoms with E-state index in [1.165, 1.54) is 6.20 Å². The molecule has 5 nitrogen and oxygen atoms in total. The summed E-state index contributed by atoms with van der Waals surface area (Å²) >= 11 is 11.8. The van der Waals surface area contributed by atoms with E-state index in [2.05, 4.69) is 15.2 Å². The fraction of sp³-hybridized carbons (Fsp3) is 0.571. The lowest BCUT2D eigenvalue weighted by Crippen LogP contribution is -2.47. The third-order valence-corrected chi connectivity index (χ3v) is 4.75. The van der Waals surface area contributed by atoms with E-state index in [0.717, 1.165) is 25.7 Å². The lowest BCUT2D eigenvalue weighted by atomic mass is 10.00. The second kappa shape index (κ2) is 6.08. The van der Waals surface area contributed by atoms with Gasteiger partial charge in [-0.25, -0.2) is 4.98 Å². The largest absolute Gasteiger partial charge is 0.393 e. The van der Waals surface area contributed by atoms with Gasteiger partial charge in [-0.3, -0.25) is 9.69 Å².